The molecule has 6 heteroatoms. The zero-order valence-electron chi connectivity index (χ0n) is 11.0. The third-order valence-corrected chi connectivity index (χ3v) is 3.90. The second kappa shape index (κ2) is 4.87. The first kappa shape index (κ1) is 12.5. The Balaban J connectivity index is 2.24. The van der Waals surface area contributed by atoms with Crippen LogP contribution in [-0.2, 0) is 0 Å². The molecule has 3 aromatic rings. The number of hydrogen-bond acceptors (Lipinski definition) is 5. The van der Waals surface area contributed by atoms with Gasteiger partial charge in [0.1, 0.15) is 11.8 Å². The van der Waals surface area contributed by atoms with Crippen LogP contribution in [0.25, 0.3) is 16.4 Å². The van der Waals surface area contributed by atoms with Gasteiger partial charge in [0.25, 0.3) is 0 Å². The van der Waals surface area contributed by atoms with E-state index in [0.717, 1.165) is 5.56 Å². The van der Waals surface area contributed by atoms with Gasteiger partial charge in [-0.3, -0.25) is 0 Å². The molecule has 20 heavy (non-hydrogen) atoms. The molecule has 0 aliphatic heterocycles. The summed E-state index contributed by atoms with van der Waals surface area (Å²) in [7, 11) is 0. The van der Waals surface area contributed by atoms with Crippen molar-refractivity contribution in [1.29, 1.82) is 5.26 Å². The molecule has 98 valence electrons. The van der Waals surface area contributed by atoms with Crippen LogP contribution in [0.5, 0.6) is 0 Å². The molecule has 0 N–H and O–H groups in total. The number of rotatable bonds is 2. The van der Waals surface area contributed by atoms with E-state index in [1.165, 1.54) is 22.5 Å². The highest BCUT2D eigenvalue weighted by atomic mass is 32.1. The number of thiazole rings is 1. The van der Waals surface area contributed by atoms with Crippen LogP contribution in [0.4, 0.5) is 0 Å². The van der Waals surface area contributed by atoms with E-state index in [9.17, 15) is 5.26 Å². The van der Waals surface area contributed by atoms with Crippen LogP contribution in [0.2, 0.25) is 0 Å². The molecule has 3 rings (SSSR count). The Kier molecular flexibility index (Phi) is 3.05. The number of aryl methyl sites for hydroxylation is 2. The van der Waals surface area contributed by atoms with E-state index >= 15 is 0 Å². The maximum atomic E-state index is 9.23. The molecule has 0 saturated carbocycles. The second-order valence-electron chi connectivity index (χ2n) is 4.42. The van der Waals surface area contributed by atoms with Crippen LogP contribution in [0.15, 0.2) is 29.8 Å². The minimum absolute atomic E-state index is 0.309. The van der Waals surface area contributed by atoms with Crippen molar-refractivity contribution < 1.29 is 0 Å². The van der Waals surface area contributed by atoms with Crippen LogP contribution < -0.4 is 0 Å². The molecule has 5 nitrogen and oxygen atoms in total. The number of aromatic nitrogens is 4. The van der Waals surface area contributed by atoms with Crippen molar-refractivity contribution in [1.82, 2.24) is 20.0 Å². The Morgan fingerprint density at radius 3 is 2.75 bits per heavy atom. The van der Waals surface area contributed by atoms with Gasteiger partial charge in [-0.25, -0.2) is 4.98 Å². The monoisotopic (exact) mass is 281 g/mol. The van der Waals surface area contributed by atoms with Gasteiger partial charge in [-0.1, -0.05) is 17.3 Å². The first-order chi connectivity index (χ1) is 9.70. The molecule has 0 unspecified atom stereocenters. The number of nitriles is 1. The Morgan fingerprint density at radius 2 is 2.10 bits per heavy atom. The summed E-state index contributed by atoms with van der Waals surface area (Å²) in [6.45, 7) is 4.10. The predicted octanol–water partition coefficient (Wildman–Crippen LogP) is 2.88. The van der Waals surface area contributed by atoms with E-state index in [0.29, 0.717) is 16.5 Å². The summed E-state index contributed by atoms with van der Waals surface area (Å²) in [4.78, 5) is 4.23. The fourth-order valence-corrected chi connectivity index (χ4v) is 2.55. The SMILES string of the molecule is Cc1ccc(-c2c(C#N)nnn2-c2nccs2)cc1C. The highest BCUT2D eigenvalue weighted by Gasteiger charge is 2.17. The van der Waals surface area contributed by atoms with Crippen molar-refractivity contribution in [2.45, 2.75) is 13.8 Å². The highest BCUT2D eigenvalue weighted by Crippen LogP contribution is 2.27. The van der Waals surface area contributed by atoms with Crippen LogP contribution in [0.3, 0.4) is 0 Å². The molecule has 0 bridgehead atoms. The molecule has 0 atom stereocenters. The van der Waals surface area contributed by atoms with Crippen LogP contribution in [-0.4, -0.2) is 20.0 Å². The molecule has 2 aromatic heterocycles. The van der Waals surface area contributed by atoms with Crippen molar-refractivity contribution in [3.8, 4) is 22.5 Å². The topological polar surface area (TPSA) is 67.4 Å². The summed E-state index contributed by atoms with van der Waals surface area (Å²) in [6.07, 6.45) is 1.71. The standard InChI is InChI=1S/C14H11N5S/c1-9-3-4-11(7-10(9)2)13-12(8-15)17-18-19(13)14-16-5-6-20-14/h3-7H,1-2H3. The second-order valence-corrected chi connectivity index (χ2v) is 5.30. The van der Waals surface area contributed by atoms with Gasteiger partial charge in [0.05, 0.1) is 0 Å². The Hall–Kier alpha value is -2.52. The molecule has 0 saturated heterocycles. The maximum absolute atomic E-state index is 9.23. The number of hydrogen-bond donors (Lipinski definition) is 0. The third-order valence-electron chi connectivity index (χ3n) is 3.16. The van der Waals surface area contributed by atoms with E-state index in [1.807, 2.05) is 30.5 Å². The van der Waals surface area contributed by atoms with Gasteiger partial charge in [-0.15, -0.1) is 16.4 Å². The molecule has 2 heterocycles. The molecule has 0 aliphatic rings. The van der Waals surface area contributed by atoms with E-state index < -0.39 is 0 Å². The molecule has 1 aromatic carbocycles. The summed E-state index contributed by atoms with van der Waals surface area (Å²) >= 11 is 1.46. The average Bonchev–Trinajstić information content (AvgIpc) is 3.09. The normalized spacial score (nSPS) is 10.4. The van der Waals surface area contributed by atoms with Crippen molar-refractivity contribution in [2.75, 3.05) is 0 Å². The first-order valence-corrected chi connectivity index (χ1v) is 6.92. The fourth-order valence-electron chi connectivity index (χ4n) is 1.96. The summed E-state index contributed by atoms with van der Waals surface area (Å²) in [5.41, 5.74) is 4.29. The minimum Gasteiger partial charge on any atom is -0.227 e. The zero-order valence-corrected chi connectivity index (χ0v) is 11.8. The third kappa shape index (κ3) is 1.98. The summed E-state index contributed by atoms with van der Waals surface area (Å²) in [6, 6.07) is 8.14. The lowest BCUT2D eigenvalue weighted by Gasteiger charge is -2.06. The summed E-state index contributed by atoms with van der Waals surface area (Å²) < 4.78 is 1.62. The molecular weight excluding hydrogens is 270 g/mol. The smallest absolute Gasteiger partial charge is 0.212 e. The first-order valence-electron chi connectivity index (χ1n) is 6.04. The number of benzene rings is 1. The zero-order chi connectivity index (χ0) is 14.1. The Morgan fingerprint density at radius 1 is 1.25 bits per heavy atom. The quantitative estimate of drug-likeness (QED) is 0.724. The maximum Gasteiger partial charge on any atom is 0.212 e. The molecular formula is C14H11N5S. The van der Waals surface area contributed by atoms with Crippen LogP contribution in [0.1, 0.15) is 16.8 Å². The molecule has 0 aliphatic carbocycles. The summed E-state index contributed by atoms with van der Waals surface area (Å²) in [5, 5.41) is 19.8. The minimum atomic E-state index is 0.309. The van der Waals surface area contributed by atoms with Gasteiger partial charge in [-0.2, -0.15) is 9.94 Å². The lowest BCUT2D eigenvalue weighted by Crippen LogP contribution is -1.99. The van der Waals surface area contributed by atoms with Gasteiger partial charge < -0.3 is 0 Å². The van der Waals surface area contributed by atoms with E-state index in [1.54, 1.807) is 10.9 Å². The highest BCUT2D eigenvalue weighted by molar-refractivity contribution is 7.12. The fraction of sp³-hybridized carbons (Fsp3) is 0.143. The van der Waals surface area contributed by atoms with Gasteiger partial charge in [0.15, 0.2) is 5.69 Å². The Bertz CT molecular complexity index is 796. The average molecular weight is 281 g/mol. The van der Waals surface area contributed by atoms with Crippen LogP contribution >= 0.6 is 11.3 Å². The van der Waals surface area contributed by atoms with E-state index in [4.69, 9.17) is 0 Å². The molecule has 0 spiro atoms. The van der Waals surface area contributed by atoms with E-state index in [-0.39, 0.29) is 0 Å². The van der Waals surface area contributed by atoms with Gasteiger partial charge in [0.2, 0.25) is 5.13 Å². The van der Waals surface area contributed by atoms with Crippen LogP contribution in [0, 0.1) is 25.2 Å². The van der Waals surface area contributed by atoms with Gasteiger partial charge in [0, 0.05) is 17.1 Å². The summed E-state index contributed by atoms with van der Waals surface area (Å²) in [5.74, 6) is 0. The van der Waals surface area contributed by atoms with Crippen molar-refractivity contribution in [3.05, 3.63) is 46.6 Å². The van der Waals surface area contributed by atoms with Crippen molar-refractivity contribution in [2.24, 2.45) is 0 Å². The lowest BCUT2D eigenvalue weighted by molar-refractivity contribution is 0.800. The Labute approximate surface area is 120 Å². The molecule has 0 fully saturated rings. The van der Waals surface area contributed by atoms with Gasteiger partial charge in [-0.05, 0) is 31.0 Å². The lowest BCUT2D eigenvalue weighted by atomic mass is 10.0. The molecule has 0 radical (unpaired) electrons. The number of nitrogens with zero attached hydrogens (tertiary/aromatic N) is 5. The van der Waals surface area contributed by atoms with Crippen molar-refractivity contribution >= 4 is 11.3 Å². The largest absolute Gasteiger partial charge is 0.227 e. The molecule has 0 amide bonds. The predicted molar refractivity (Wildman–Crippen MR) is 76.7 cm³/mol. The van der Waals surface area contributed by atoms with E-state index in [2.05, 4.69) is 28.3 Å². The van der Waals surface area contributed by atoms with Gasteiger partial charge >= 0.3 is 0 Å². The van der Waals surface area contributed by atoms with Crippen molar-refractivity contribution in [3.63, 3.8) is 0 Å².